The van der Waals surface area contributed by atoms with Crippen molar-refractivity contribution in [2.24, 2.45) is 0 Å². The highest BCUT2D eigenvalue weighted by molar-refractivity contribution is 7.92. The van der Waals surface area contributed by atoms with Crippen LogP contribution in [0.4, 0.5) is 11.4 Å². The summed E-state index contributed by atoms with van der Waals surface area (Å²) in [5, 5.41) is 0.439. The van der Waals surface area contributed by atoms with E-state index in [1.807, 2.05) is 18.2 Å². The van der Waals surface area contributed by atoms with Gasteiger partial charge < -0.3 is 4.90 Å². The predicted molar refractivity (Wildman–Crippen MR) is 108 cm³/mol. The van der Waals surface area contributed by atoms with Gasteiger partial charge in [-0.25, -0.2) is 8.42 Å². The number of halogens is 1. The number of hydrogen-bond acceptors (Lipinski definition) is 3. The monoisotopic (exact) mass is 400 g/mol. The number of carbonyl (C=O) groups excluding carboxylic acids is 1. The first-order valence-corrected chi connectivity index (χ1v) is 9.95. The Hall–Kier alpha value is -2.83. The van der Waals surface area contributed by atoms with Gasteiger partial charge in [-0.1, -0.05) is 41.9 Å². The third-order valence-electron chi connectivity index (χ3n) is 3.97. The lowest BCUT2D eigenvalue weighted by molar-refractivity contribution is 0.0994. The van der Waals surface area contributed by atoms with Crippen LogP contribution >= 0.6 is 11.6 Å². The summed E-state index contributed by atoms with van der Waals surface area (Å²) in [5.41, 5.74) is 1.17. The smallest absolute Gasteiger partial charge is 0.261 e. The molecule has 3 rings (SSSR count). The molecule has 0 unspecified atom stereocenters. The van der Waals surface area contributed by atoms with Gasteiger partial charge in [-0.05, 0) is 48.5 Å². The van der Waals surface area contributed by atoms with E-state index in [1.165, 1.54) is 29.2 Å². The van der Waals surface area contributed by atoms with Crippen LogP contribution in [0.25, 0.3) is 0 Å². The fraction of sp³-hybridized carbons (Fsp3) is 0.0500. The second kappa shape index (κ2) is 7.82. The second-order valence-corrected chi connectivity index (χ2v) is 7.92. The van der Waals surface area contributed by atoms with Crippen LogP contribution in [-0.4, -0.2) is 21.4 Å². The maximum absolute atomic E-state index is 12.9. The number of hydrogen-bond donors (Lipinski definition) is 1. The highest BCUT2D eigenvalue weighted by Gasteiger charge is 2.21. The molecule has 0 atom stereocenters. The number of nitrogens with zero attached hydrogens (tertiary/aromatic N) is 1. The molecule has 0 aliphatic heterocycles. The van der Waals surface area contributed by atoms with Gasteiger partial charge in [-0.3, -0.25) is 9.52 Å². The van der Waals surface area contributed by atoms with Crippen LogP contribution in [0.2, 0.25) is 5.02 Å². The molecule has 27 heavy (non-hydrogen) atoms. The Morgan fingerprint density at radius 1 is 0.889 bits per heavy atom. The lowest BCUT2D eigenvalue weighted by Gasteiger charge is -2.19. The van der Waals surface area contributed by atoms with E-state index < -0.39 is 10.0 Å². The van der Waals surface area contributed by atoms with Crippen molar-refractivity contribution in [3.8, 4) is 0 Å². The number of para-hydroxylation sites is 2. The number of anilines is 2. The largest absolute Gasteiger partial charge is 0.311 e. The molecule has 0 spiro atoms. The van der Waals surface area contributed by atoms with Crippen molar-refractivity contribution >= 4 is 38.9 Å². The molecule has 0 aliphatic carbocycles. The number of benzene rings is 3. The number of rotatable bonds is 5. The second-order valence-electron chi connectivity index (χ2n) is 5.80. The maximum atomic E-state index is 12.9. The zero-order valence-electron chi connectivity index (χ0n) is 14.5. The van der Waals surface area contributed by atoms with Gasteiger partial charge >= 0.3 is 0 Å². The van der Waals surface area contributed by atoms with Crippen LogP contribution in [0.15, 0.2) is 83.8 Å². The van der Waals surface area contributed by atoms with Gasteiger partial charge in [0.05, 0.1) is 16.1 Å². The average molecular weight is 401 g/mol. The summed E-state index contributed by atoms with van der Waals surface area (Å²) in [5.74, 6) is -0.324. The summed E-state index contributed by atoms with van der Waals surface area (Å²) in [6.45, 7) is 0. The van der Waals surface area contributed by atoms with E-state index in [1.54, 1.807) is 43.4 Å². The fourth-order valence-corrected chi connectivity index (χ4v) is 3.73. The van der Waals surface area contributed by atoms with Crippen molar-refractivity contribution in [1.82, 2.24) is 0 Å². The summed E-state index contributed by atoms with van der Waals surface area (Å²) in [4.78, 5) is 14.4. The number of sulfonamides is 1. The van der Waals surface area contributed by atoms with Gasteiger partial charge in [-0.15, -0.1) is 0 Å². The molecule has 1 amide bonds. The van der Waals surface area contributed by atoms with E-state index >= 15 is 0 Å². The third kappa shape index (κ3) is 4.30. The molecule has 3 aromatic rings. The summed E-state index contributed by atoms with van der Waals surface area (Å²) in [6.07, 6.45) is 0. The molecule has 0 aromatic heterocycles. The van der Waals surface area contributed by atoms with E-state index in [2.05, 4.69) is 4.72 Å². The Morgan fingerprint density at radius 3 is 2.15 bits per heavy atom. The summed E-state index contributed by atoms with van der Waals surface area (Å²) in [6, 6.07) is 21.4. The lowest BCUT2D eigenvalue weighted by Crippen LogP contribution is -2.27. The van der Waals surface area contributed by atoms with E-state index in [0.29, 0.717) is 10.7 Å². The molecule has 0 heterocycles. The fourth-order valence-electron chi connectivity index (χ4n) is 2.53. The molecule has 0 saturated carbocycles. The van der Waals surface area contributed by atoms with Crippen LogP contribution in [0.3, 0.4) is 0 Å². The van der Waals surface area contributed by atoms with Gasteiger partial charge in [0.25, 0.3) is 15.9 Å². The van der Waals surface area contributed by atoms with Crippen molar-refractivity contribution in [1.29, 1.82) is 0 Å². The van der Waals surface area contributed by atoms with Crippen molar-refractivity contribution in [2.75, 3.05) is 16.7 Å². The molecule has 0 radical (unpaired) electrons. The molecule has 0 aliphatic rings. The molecule has 138 valence electrons. The molecular weight excluding hydrogens is 384 g/mol. The number of amides is 1. The standard InChI is InChI=1S/C20H17ClN2O3S/c1-23(16-7-3-2-4-8-16)20(24)18-9-5-6-10-19(18)22-27(25,26)17-13-11-15(21)12-14-17/h2-14,22H,1H3. The van der Waals surface area contributed by atoms with E-state index in [0.717, 1.165) is 0 Å². The zero-order chi connectivity index (χ0) is 19.4. The first-order valence-electron chi connectivity index (χ1n) is 8.09. The molecule has 7 heteroatoms. The lowest BCUT2D eigenvalue weighted by atomic mass is 10.1. The zero-order valence-corrected chi connectivity index (χ0v) is 16.0. The van der Waals surface area contributed by atoms with Crippen molar-refractivity contribution < 1.29 is 13.2 Å². The van der Waals surface area contributed by atoms with Crippen LogP contribution in [0.1, 0.15) is 10.4 Å². The van der Waals surface area contributed by atoms with E-state index in [-0.39, 0.29) is 22.1 Å². The molecule has 5 nitrogen and oxygen atoms in total. The minimum Gasteiger partial charge on any atom is -0.311 e. The van der Waals surface area contributed by atoms with Gasteiger partial charge in [0, 0.05) is 17.8 Å². The van der Waals surface area contributed by atoms with Crippen molar-refractivity contribution in [2.45, 2.75) is 4.90 Å². The van der Waals surface area contributed by atoms with Crippen molar-refractivity contribution in [3.63, 3.8) is 0 Å². The summed E-state index contributed by atoms with van der Waals surface area (Å²) < 4.78 is 27.8. The van der Waals surface area contributed by atoms with Gasteiger partial charge in [0.15, 0.2) is 0 Å². The molecular formula is C20H17ClN2O3S. The first kappa shape index (κ1) is 18.9. The SMILES string of the molecule is CN(C(=O)c1ccccc1NS(=O)(=O)c1ccc(Cl)cc1)c1ccccc1. The highest BCUT2D eigenvalue weighted by Crippen LogP contribution is 2.24. The Balaban J connectivity index is 1.92. The van der Waals surface area contributed by atoms with Crippen LogP contribution < -0.4 is 9.62 Å². The van der Waals surface area contributed by atoms with Crippen LogP contribution in [0.5, 0.6) is 0 Å². The average Bonchev–Trinajstić information content (AvgIpc) is 2.68. The number of nitrogens with one attached hydrogen (secondary N) is 1. The minimum absolute atomic E-state index is 0.0607. The molecule has 3 aromatic carbocycles. The van der Waals surface area contributed by atoms with Crippen molar-refractivity contribution in [3.05, 3.63) is 89.4 Å². The Bertz CT molecular complexity index is 1050. The van der Waals surface area contributed by atoms with Crippen LogP contribution in [-0.2, 0) is 10.0 Å². The topological polar surface area (TPSA) is 66.5 Å². The summed E-state index contributed by atoms with van der Waals surface area (Å²) in [7, 11) is -2.21. The Labute approximate surface area is 163 Å². The van der Waals surface area contributed by atoms with Gasteiger partial charge in [0.1, 0.15) is 0 Å². The molecule has 1 N–H and O–H groups in total. The minimum atomic E-state index is -3.86. The van der Waals surface area contributed by atoms with E-state index in [9.17, 15) is 13.2 Å². The first-order chi connectivity index (χ1) is 12.9. The van der Waals surface area contributed by atoms with Gasteiger partial charge in [0.2, 0.25) is 0 Å². The highest BCUT2D eigenvalue weighted by atomic mass is 35.5. The van der Waals surface area contributed by atoms with Crippen LogP contribution in [0, 0.1) is 0 Å². The quantitative estimate of drug-likeness (QED) is 0.689. The van der Waals surface area contributed by atoms with E-state index in [4.69, 9.17) is 11.6 Å². The normalized spacial score (nSPS) is 11.0. The predicted octanol–water partition coefficient (Wildman–Crippen LogP) is 4.42. The number of carbonyl (C=O) groups is 1. The molecule has 0 bridgehead atoms. The molecule has 0 saturated heterocycles. The Kier molecular flexibility index (Phi) is 5.48. The molecule has 0 fully saturated rings. The summed E-state index contributed by atoms with van der Waals surface area (Å²) >= 11 is 5.82. The van der Waals surface area contributed by atoms with Gasteiger partial charge in [-0.2, -0.15) is 0 Å². The Morgan fingerprint density at radius 2 is 1.48 bits per heavy atom. The maximum Gasteiger partial charge on any atom is 0.261 e. The third-order valence-corrected chi connectivity index (χ3v) is 5.61.